The molecule has 0 spiro atoms. The molecule has 0 bridgehead atoms. The van der Waals surface area contributed by atoms with Gasteiger partial charge in [-0.25, -0.2) is 0 Å². The normalized spacial score (nSPS) is 20.2. The van der Waals surface area contributed by atoms with Gasteiger partial charge in [-0.2, -0.15) is 0 Å². The molecule has 0 heterocycles. The topological polar surface area (TPSA) is 32.3 Å². The van der Waals surface area contributed by atoms with Crippen LogP contribution in [0.2, 0.25) is 0 Å². The zero-order valence-corrected chi connectivity index (χ0v) is 14.3. The third-order valence-corrected chi connectivity index (χ3v) is 5.40. The van der Waals surface area contributed by atoms with Crippen molar-refractivity contribution in [3.05, 3.63) is 35.9 Å². The van der Waals surface area contributed by atoms with Gasteiger partial charge in [0.2, 0.25) is 5.91 Å². The van der Waals surface area contributed by atoms with Crippen molar-refractivity contribution >= 4 is 5.91 Å². The van der Waals surface area contributed by atoms with E-state index in [-0.39, 0.29) is 5.91 Å². The predicted octanol–water partition coefficient (Wildman–Crippen LogP) is 3.91. The van der Waals surface area contributed by atoms with Gasteiger partial charge in [-0.3, -0.25) is 4.79 Å². The van der Waals surface area contributed by atoms with Gasteiger partial charge in [0.05, 0.1) is 6.54 Å². The summed E-state index contributed by atoms with van der Waals surface area (Å²) in [5.41, 5.74) is 1.32. The van der Waals surface area contributed by atoms with Gasteiger partial charge in [-0.1, -0.05) is 49.6 Å². The minimum Gasteiger partial charge on any atom is -0.339 e. The van der Waals surface area contributed by atoms with Crippen LogP contribution in [0, 0.1) is 5.92 Å². The first-order valence-corrected chi connectivity index (χ1v) is 9.37. The first-order chi connectivity index (χ1) is 11.3. The van der Waals surface area contributed by atoms with E-state index in [0.29, 0.717) is 24.5 Å². The number of nitrogens with zero attached hydrogens (tertiary/aromatic N) is 1. The molecule has 1 unspecified atom stereocenters. The van der Waals surface area contributed by atoms with E-state index in [9.17, 15) is 4.79 Å². The van der Waals surface area contributed by atoms with Gasteiger partial charge >= 0.3 is 0 Å². The minimum absolute atomic E-state index is 0.279. The maximum Gasteiger partial charge on any atom is 0.236 e. The number of benzene rings is 1. The second-order valence-corrected chi connectivity index (χ2v) is 7.08. The molecule has 2 aliphatic carbocycles. The Morgan fingerprint density at radius 3 is 2.43 bits per heavy atom. The molecule has 1 N–H and O–H groups in total. The van der Waals surface area contributed by atoms with Crippen LogP contribution in [0.15, 0.2) is 30.3 Å². The van der Waals surface area contributed by atoms with Gasteiger partial charge in [0.25, 0.3) is 0 Å². The first kappa shape index (κ1) is 16.5. The molecule has 23 heavy (non-hydrogen) atoms. The SMILES string of the molecule is CCN(C(=O)CNC(c1ccccc1)C1CC1)C1CCCCC1. The van der Waals surface area contributed by atoms with Crippen molar-refractivity contribution in [2.24, 2.45) is 5.92 Å². The Balaban J connectivity index is 1.57. The van der Waals surface area contributed by atoms with Gasteiger partial charge in [0.1, 0.15) is 0 Å². The van der Waals surface area contributed by atoms with Crippen LogP contribution in [0.3, 0.4) is 0 Å². The fraction of sp³-hybridized carbons (Fsp3) is 0.650. The zero-order valence-electron chi connectivity index (χ0n) is 14.3. The Morgan fingerprint density at radius 1 is 1.13 bits per heavy atom. The molecule has 0 aromatic heterocycles. The highest BCUT2D eigenvalue weighted by molar-refractivity contribution is 5.78. The summed E-state index contributed by atoms with van der Waals surface area (Å²) in [6.45, 7) is 3.42. The van der Waals surface area contributed by atoms with E-state index in [1.165, 1.54) is 50.5 Å². The van der Waals surface area contributed by atoms with Crippen molar-refractivity contribution in [1.82, 2.24) is 10.2 Å². The van der Waals surface area contributed by atoms with Gasteiger partial charge < -0.3 is 10.2 Å². The van der Waals surface area contributed by atoms with Crippen molar-refractivity contribution in [1.29, 1.82) is 0 Å². The van der Waals surface area contributed by atoms with E-state index in [4.69, 9.17) is 0 Å². The van der Waals surface area contributed by atoms with E-state index in [0.717, 1.165) is 6.54 Å². The number of hydrogen-bond acceptors (Lipinski definition) is 2. The van der Waals surface area contributed by atoms with Crippen LogP contribution in [0.5, 0.6) is 0 Å². The Bertz CT molecular complexity index is 492. The molecular formula is C20H30N2O. The quantitative estimate of drug-likeness (QED) is 0.827. The van der Waals surface area contributed by atoms with Gasteiger partial charge in [-0.15, -0.1) is 0 Å². The van der Waals surface area contributed by atoms with Crippen LogP contribution in [0.4, 0.5) is 0 Å². The van der Waals surface area contributed by atoms with Crippen LogP contribution in [-0.4, -0.2) is 29.9 Å². The lowest BCUT2D eigenvalue weighted by Gasteiger charge is -2.34. The summed E-state index contributed by atoms with van der Waals surface area (Å²) in [5.74, 6) is 0.982. The predicted molar refractivity (Wildman–Crippen MR) is 94.2 cm³/mol. The molecule has 3 nitrogen and oxygen atoms in total. The first-order valence-electron chi connectivity index (χ1n) is 9.37. The second-order valence-electron chi connectivity index (χ2n) is 7.08. The third kappa shape index (κ3) is 4.35. The molecule has 1 aromatic carbocycles. The largest absolute Gasteiger partial charge is 0.339 e. The highest BCUT2D eigenvalue weighted by Crippen LogP contribution is 2.40. The van der Waals surface area contributed by atoms with Gasteiger partial charge in [-0.05, 0) is 44.1 Å². The third-order valence-electron chi connectivity index (χ3n) is 5.40. The number of likely N-dealkylation sites (N-methyl/N-ethyl adjacent to an activating group) is 1. The molecule has 1 aromatic rings. The Labute approximate surface area is 140 Å². The van der Waals surface area contributed by atoms with Crippen LogP contribution >= 0.6 is 0 Å². The Kier molecular flexibility index (Phi) is 5.71. The number of rotatable bonds is 7. The number of nitrogens with one attached hydrogen (secondary N) is 1. The molecule has 126 valence electrons. The number of carbonyl (C=O) groups is 1. The molecule has 0 saturated heterocycles. The van der Waals surface area contributed by atoms with Crippen molar-refractivity contribution < 1.29 is 4.79 Å². The van der Waals surface area contributed by atoms with E-state index < -0.39 is 0 Å². The summed E-state index contributed by atoms with van der Waals surface area (Å²) in [7, 11) is 0. The fourth-order valence-corrected chi connectivity index (χ4v) is 3.98. The molecule has 3 heteroatoms. The molecule has 2 saturated carbocycles. The van der Waals surface area contributed by atoms with Crippen molar-refractivity contribution in [2.45, 2.75) is 64.0 Å². The molecule has 1 amide bonds. The van der Waals surface area contributed by atoms with Crippen molar-refractivity contribution in [3.8, 4) is 0 Å². The van der Waals surface area contributed by atoms with Crippen molar-refractivity contribution in [2.75, 3.05) is 13.1 Å². The van der Waals surface area contributed by atoms with Crippen LogP contribution < -0.4 is 5.32 Å². The molecule has 2 fully saturated rings. The van der Waals surface area contributed by atoms with Crippen LogP contribution in [0.1, 0.15) is 63.5 Å². The number of hydrogen-bond donors (Lipinski definition) is 1. The minimum atomic E-state index is 0.279. The summed E-state index contributed by atoms with van der Waals surface area (Å²) in [5, 5.41) is 3.56. The van der Waals surface area contributed by atoms with Gasteiger partial charge in [0.15, 0.2) is 0 Å². The zero-order chi connectivity index (χ0) is 16.1. The van der Waals surface area contributed by atoms with E-state index in [1.807, 2.05) is 0 Å². The molecule has 3 rings (SSSR count). The summed E-state index contributed by atoms with van der Waals surface area (Å²) >= 11 is 0. The summed E-state index contributed by atoms with van der Waals surface area (Å²) in [4.78, 5) is 14.8. The van der Waals surface area contributed by atoms with E-state index >= 15 is 0 Å². The standard InChI is InChI=1S/C20H30N2O/c1-2-22(18-11-7-4-8-12-18)19(23)15-21-20(17-13-14-17)16-9-5-3-6-10-16/h3,5-6,9-10,17-18,20-21H,2,4,7-8,11-15H2,1H3. The average Bonchev–Trinajstić information content (AvgIpc) is 3.43. The Hall–Kier alpha value is -1.35. The van der Waals surface area contributed by atoms with Crippen molar-refractivity contribution in [3.63, 3.8) is 0 Å². The lowest BCUT2D eigenvalue weighted by Crippen LogP contribution is -2.46. The highest BCUT2D eigenvalue weighted by atomic mass is 16.2. The summed E-state index contributed by atoms with van der Waals surface area (Å²) < 4.78 is 0. The maximum atomic E-state index is 12.7. The lowest BCUT2D eigenvalue weighted by atomic mass is 9.94. The second kappa shape index (κ2) is 7.96. The molecule has 1 atom stereocenters. The molecule has 0 radical (unpaired) electrons. The highest BCUT2D eigenvalue weighted by Gasteiger charge is 2.33. The fourth-order valence-electron chi connectivity index (χ4n) is 3.98. The Morgan fingerprint density at radius 2 is 1.83 bits per heavy atom. The van der Waals surface area contributed by atoms with E-state index in [1.54, 1.807) is 0 Å². The van der Waals surface area contributed by atoms with Crippen LogP contribution in [0.25, 0.3) is 0 Å². The lowest BCUT2D eigenvalue weighted by molar-refractivity contribution is -0.133. The molecule has 2 aliphatic rings. The smallest absolute Gasteiger partial charge is 0.236 e. The summed E-state index contributed by atoms with van der Waals surface area (Å²) in [6, 6.07) is 11.4. The number of carbonyl (C=O) groups excluding carboxylic acids is 1. The summed E-state index contributed by atoms with van der Waals surface area (Å²) in [6.07, 6.45) is 8.81. The molecule has 0 aliphatic heterocycles. The van der Waals surface area contributed by atoms with Gasteiger partial charge in [0, 0.05) is 18.6 Å². The monoisotopic (exact) mass is 314 g/mol. The van der Waals surface area contributed by atoms with E-state index in [2.05, 4.69) is 47.5 Å². The van der Waals surface area contributed by atoms with Crippen LogP contribution in [-0.2, 0) is 4.79 Å². The molecular weight excluding hydrogens is 284 g/mol. The average molecular weight is 314 g/mol. The number of amides is 1. The maximum absolute atomic E-state index is 12.7.